The van der Waals surface area contributed by atoms with Crippen molar-refractivity contribution in [3.8, 4) is 11.3 Å². The molecule has 0 aliphatic carbocycles. The molecule has 0 bridgehead atoms. The van der Waals surface area contributed by atoms with Gasteiger partial charge in [-0.1, -0.05) is 29.8 Å². The van der Waals surface area contributed by atoms with E-state index in [2.05, 4.69) is 51.8 Å². The average molecular weight is 334 g/mol. The number of benzene rings is 1. The molecule has 4 rings (SSSR count). The summed E-state index contributed by atoms with van der Waals surface area (Å²) < 4.78 is 0. The van der Waals surface area contributed by atoms with E-state index in [0.717, 1.165) is 42.6 Å². The molecule has 0 atom stereocenters. The Bertz CT molecular complexity index is 884. The van der Waals surface area contributed by atoms with Crippen molar-refractivity contribution >= 4 is 22.8 Å². The van der Waals surface area contributed by atoms with Gasteiger partial charge in [-0.25, -0.2) is 4.98 Å². The Hall–Kier alpha value is -2.73. The highest BCUT2D eigenvalue weighted by atomic mass is 15.2. The van der Waals surface area contributed by atoms with E-state index in [4.69, 9.17) is 10.7 Å². The van der Waals surface area contributed by atoms with Gasteiger partial charge in [0, 0.05) is 11.6 Å². The molecule has 0 saturated carbocycles. The van der Waals surface area contributed by atoms with E-state index in [1.807, 2.05) is 12.1 Å². The standard InChI is InChI=1S/C19H22N6/c1-12-2-4-13(5-3-12)16-7-6-15-17(20)24-19(25-18(15)23-16)22-14-8-10-21-11-9-14/h2-7,14,21H,8-11H2,1H3,(H3,20,22,23,24,25). The number of piperidine rings is 1. The predicted molar refractivity (Wildman–Crippen MR) is 101 cm³/mol. The number of hydrogen-bond acceptors (Lipinski definition) is 6. The summed E-state index contributed by atoms with van der Waals surface area (Å²) in [5, 5.41) is 7.54. The van der Waals surface area contributed by atoms with Crippen LogP contribution in [0.25, 0.3) is 22.3 Å². The zero-order valence-electron chi connectivity index (χ0n) is 14.3. The van der Waals surface area contributed by atoms with Gasteiger partial charge in [-0.2, -0.15) is 9.97 Å². The minimum Gasteiger partial charge on any atom is -0.383 e. The van der Waals surface area contributed by atoms with Crippen LogP contribution in [0, 0.1) is 6.92 Å². The van der Waals surface area contributed by atoms with Crippen molar-refractivity contribution in [2.75, 3.05) is 24.1 Å². The molecule has 0 spiro atoms. The zero-order chi connectivity index (χ0) is 17.2. The molecule has 0 amide bonds. The number of nitrogens with two attached hydrogens (primary N) is 1. The smallest absolute Gasteiger partial charge is 0.226 e. The van der Waals surface area contributed by atoms with Gasteiger partial charge in [-0.15, -0.1) is 0 Å². The first-order chi connectivity index (χ1) is 12.2. The second kappa shape index (κ2) is 6.64. The maximum Gasteiger partial charge on any atom is 0.226 e. The number of aryl methyl sites for hydroxylation is 1. The van der Waals surface area contributed by atoms with E-state index in [9.17, 15) is 0 Å². The molecule has 4 N–H and O–H groups in total. The number of nitrogens with zero attached hydrogens (tertiary/aromatic N) is 3. The Morgan fingerprint density at radius 1 is 1.00 bits per heavy atom. The first-order valence-electron chi connectivity index (χ1n) is 8.67. The van der Waals surface area contributed by atoms with Gasteiger partial charge < -0.3 is 16.4 Å². The molecule has 3 heterocycles. The van der Waals surface area contributed by atoms with E-state index in [1.165, 1.54) is 5.56 Å². The van der Waals surface area contributed by atoms with Crippen molar-refractivity contribution in [3.05, 3.63) is 42.0 Å². The second-order valence-corrected chi connectivity index (χ2v) is 6.53. The fraction of sp³-hybridized carbons (Fsp3) is 0.316. The summed E-state index contributed by atoms with van der Waals surface area (Å²) in [4.78, 5) is 13.7. The first kappa shape index (κ1) is 15.8. The summed E-state index contributed by atoms with van der Waals surface area (Å²) in [5.41, 5.74) is 9.94. The average Bonchev–Trinajstić information content (AvgIpc) is 2.63. The van der Waals surface area contributed by atoms with Crippen molar-refractivity contribution in [3.63, 3.8) is 0 Å². The lowest BCUT2D eigenvalue weighted by Crippen LogP contribution is -2.35. The van der Waals surface area contributed by atoms with Gasteiger partial charge in [0.1, 0.15) is 5.82 Å². The Morgan fingerprint density at radius 2 is 1.76 bits per heavy atom. The van der Waals surface area contributed by atoms with Crippen LogP contribution in [0.4, 0.5) is 11.8 Å². The molecular formula is C19H22N6. The van der Waals surface area contributed by atoms with E-state index >= 15 is 0 Å². The summed E-state index contributed by atoms with van der Waals surface area (Å²) in [6.45, 7) is 4.09. The Labute approximate surface area is 146 Å². The number of rotatable bonds is 3. The van der Waals surface area contributed by atoms with Gasteiger partial charge in [-0.05, 0) is 45.0 Å². The molecule has 2 aromatic heterocycles. The van der Waals surface area contributed by atoms with Crippen LogP contribution in [-0.2, 0) is 0 Å². The van der Waals surface area contributed by atoms with Crippen LogP contribution in [0.15, 0.2) is 36.4 Å². The molecule has 1 saturated heterocycles. The highest BCUT2D eigenvalue weighted by molar-refractivity contribution is 5.88. The molecular weight excluding hydrogens is 312 g/mol. The first-order valence-corrected chi connectivity index (χ1v) is 8.67. The maximum absolute atomic E-state index is 6.13. The van der Waals surface area contributed by atoms with E-state index in [0.29, 0.717) is 23.5 Å². The molecule has 25 heavy (non-hydrogen) atoms. The van der Waals surface area contributed by atoms with Crippen molar-refractivity contribution in [2.45, 2.75) is 25.8 Å². The zero-order valence-corrected chi connectivity index (χ0v) is 14.3. The predicted octanol–water partition coefficient (Wildman–Crippen LogP) is 2.75. The lowest BCUT2D eigenvalue weighted by molar-refractivity contribution is 0.477. The molecule has 0 radical (unpaired) electrons. The summed E-state index contributed by atoms with van der Waals surface area (Å²) in [6.07, 6.45) is 2.11. The van der Waals surface area contributed by atoms with Gasteiger partial charge in [-0.3, -0.25) is 0 Å². The van der Waals surface area contributed by atoms with Crippen molar-refractivity contribution in [1.29, 1.82) is 0 Å². The molecule has 6 nitrogen and oxygen atoms in total. The number of pyridine rings is 1. The normalized spacial score (nSPS) is 15.4. The molecule has 1 aliphatic heterocycles. The summed E-state index contributed by atoms with van der Waals surface area (Å²) in [7, 11) is 0. The van der Waals surface area contributed by atoms with E-state index < -0.39 is 0 Å². The quantitative estimate of drug-likeness (QED) is 0.682. The van der Waals surface area contributed by atoms with Gasteiger partial charge >= 0.3 is 0 Å². The van der Waals surface area contributed by atoms with Crippen molar-refractivity contribution in [2.24, 2.45) is 0 Å². The molecule has 6 heteroatoms. The van der Waals surface area contributed by atoms with Crippen molar-refractivity contribution in [1.82, 2.24) is 20.3 Å². The minimum absolute atomic E-state index is 0.374. The van der Waals surface area contributed by atoms with Crippen LogP contribution in [0.1, 0.15) is 18.4 Å². The number of fused-ring (bicyclic) bond motifs is 1. The van der Waals surface area contributed by atoms with Gasteiger partial charge in [0.25, 0.3) is 0 Å². The number of nitrogens with one attached hydrogen (secondary N) is 2. The number of aromatic nitrogens is 3. The Balaban J connectivity index is 1.68. The third-order valence-corrected chi connectivity index (χ3v) is 4.61. The van der Waals surface area contributed by atoms with Crippen LogP contribution >= 0.6 is 0 Å². The second-order valence-electron chi connectivity index (χ2n) is 6.53. The molecule has 3 aromatic rings. The fourth-order valence-corrected chi connectivity index (χ4v) is 3.13. The fourth-order valence-electron chi connectivity index (χ4n) is 3.13. The SMILES string of the molecule is Cc1ccc(-c2ccc3c(N)nc(NC4CCNCC4)nc3n2)cc1. The number of anilines is 2. The highest BCUT2D eigenvalue weighted by Crippen LogP contribution is 2.24. The van der Waals surface area contributed by atoms with Crippen LogP contribution in [0.5, 0.6) is 0 Å². The van der Waals surface area contributed by atoms with Gasteiger partial charge in [0.15, 0.2) is 5.65 Å². The summed E-state index contributed by atoms with van der Waals surface area (Å²) in [5.74, 6) is 1.02. The third kappa shape index (κ3) is 3.39. The topological polar surface area (TPSA) is 88.8 Å². The van der Waals surface area contributed by atoms with E-state index in [1.54, 1.807) is 0 Å². The maximum atomic E-state index is 6.13. The Kier molecular flexibility index (Phi) is 4.19. The van der Waals surface area contributed by atoms with Gasteiger partial charge in [0.2, 0.25) is 5.95 Å². The van der Waals surface area contributed by atoms with Gasteiger partial charge in [0.05, 0.1) is 11.1 Å². The Morgan fingerprint density at radius 3 is 2.52 bits per heavy atom. The lowest BCUT2D eigenvalue weighted by atomic mass is 10.1. The summed E-state index contributed by atoms with van der Waals surface area (Å²) in [6, 6.07) is 12.6. The molecule has 128 valence electrons. The highest BCUT2D eigenvalue weighted by Gasteiger charge is 2.15. The monoisotopic (exact) mass is 334 g/mol. The molecule has 1 aliphatic rings. The molecule has 1 aromatic carbocycles. The number of nitrogen functional groups attached to an aromatic ring is 1. The number of hydrogen-bond donors (Lipinski definition) is 3. The van der Waals surface area contributed by atoms with Crippen LogP contribution in [0.3, 0.4) is 0 Å². The van der Waals surface area contributed by atoms with Crippen LogP contribution in [0.2, 0.25) is 0 Å². The minimum atomic E-state index is 0.374. The molecule has 0 unspecified atom stereocenters. The van der Waals surface area contributed by atoms with Crippen LogP contribution < -0.4 is 16.4 Å². The summed E-state index contributed by atoms with van der Waals surface area (Å²) >= 11 is 0. The van der Waals surface area contributed by atoms with Crippen molar-refractivity contribution < 1.29 is 0 Å². The lowest BCUT2D eigenvalue weighted by Gasteiger charge is -2.23. The largest absolute Gasteiger partial charge is 0.383 e. The molecule has 1 fully saturated rings. The van der Waals surface area contributed by atoms with Crippen LogP contribution in [-0.4, -0.2) is 34.1 Å². The third-order valence-electron chi connectivity index (χ3n) is 4.61. The van der Waals surface area contributed by atoms with E-state index in [-0.39, 0.29) is 0 Å².